The standard InChI is InChI=1S/C18H17N3/c1-12-6-8-20-17(9-12)15-10-13(2)18(21-11-15)16-5-4-7-19-14(16)3/h4-11H,1-3H3. The number of rotatable bonds is 2. The number of hydrogen-bond acceptors (Lipinski definition) is 3. The van der Waals surface area contributed by atoms with Gasteiger partial charge in [0.05, 0.1) is 11.4 Å². The number of hydrogen-bond donors (Lipinski definition) is 0. The summed E-state index contributed by atoms with van der Waals surface area (Å²) >= 11 is 0. The lowest BCUT2D eigenvalue weighted by Gasteiger charge is -2.09. The first-order valence-electron chi connectivity index (χ1n) is 6.97. The van der Waals surface area contributed by atoms with Crippen molar-refractivity contribution in [3.05, 3.63) is 65.7 Å². The molecular weight excluding hydrogens is 258 g/mol. The van der Waals surface area contributed by atoms with Crippen molar-refractivity contribution < 1.29 is 0 Å². The molecule has 0 amide bonds. The summed E-state index contributed by atoms with van der Waals surface area (Å²) in [6.07, 6.45) is 5.52. The van der Waals surface area contributed by atoms with Crippen molar-refractivity contribution in [2.45, 2.75) is 20.8 Å². The van der Waals surface area contributed by atoms with Gasteiger partial charge in [-0.3, -0.25) is 15.0 Å². The van der Waals surface area contributed by atoms with E-state index in [0.717, 1.165) is 33.8 Å². The van der Waals surface area contributed by atoms with Crippen LogP contribution in [-0.4, -0.2) is 15.0 Å². The van der Waals surface area contributed by atoms with E-state index in [-0.39, 0.29) is 0 Å². The lowest BCUT2D eigenvalue weighted by molar-refractivity contribution is 1.17. The molecule has 3 nitrogen and oxygen atoms in total. The highest BCUT2D eigenvalue weighted by molar-refractivity contribution is 5.69. The zero-order valence-corrected chi connectivity index (χ0v) is 12.5. The Balaban J connectivity index is 2.07. The van der Waals surface area contributed by atoms with Crippen molar-refractivity contribution in [2.75, 3.05) is 0 Å². The molecular formula is C18H17N3. The number of aryl methyl sites for hydroxylation is 3. The van der Waals surface area contributed by atoms with Crippen LogP contribution in [0, 0.1) is 20.8 Å². The van der Waals surface area contributed by atoms with E-state index in [1.54, 1.807) is 6.20 Å². The molecule has 3 aromatic heterocycles. The minimum atomic E-state index is 0.958. The van der Waals surface area contributed by atoms with E-state index < -0.39 is 0 Å². The van der Waals surface area contributed by atoms with Gasteiger partial charge in [-0.25, -0.2) is 0 Å². The monoisotopic (exact) mass is 275 g/mol. The summed E-state index contributed by atoms with van der Waals surface area (Å²) in [6.45, 7) is 6.15. The van der Waals surface area contributed by atoms with Crippen LogP contribution in [0.1, 0.15) is 16.8 Å². The van der Waals surface area contributed by atoms with Gasteiger partial charge >= 0.3 is 0 Å². The van der Waals surface area contributed by atoms with E-state index in [1.165, 1.54) is 5.56 Å². The topological polar surface area (TPSA) is 38.7 Å². The quantitative estimate of drug-likeness (QED) is 0.705. The molecule has 21 heavy (non-hydrogen) atoms. The summed E-state index contributed by atoms with van der Waals surface area (Å²) < 4.78 is 0. The van der Waals surface area contributed by atoms with Gasteiger partial charge in [-0.2, -0.15) is 0 Å². The van der Waals surface area contributed by atoms with Gasteiger partial charge in [0.1, 0.15) is 0 Å². The van der Waals surface area contributed by atoms with Crippen molar-refractivity contribution >= 4 is 0 Å². The summed E-state index contributed by atoms with van der Waals surface area (Å²) in [6, 6.07) is 10.2. The van der Waals surface area contributed by atoms with Gasteiger partial charge in [-0.05, 0) is 62.2 Å². The van der Waals surface area contributed by atoms with Crippen molar-refractivity contribution in [2.24, 2.45) is 0 Å². The lowest BCUT2D eigenvalue weighted by Crippen LogP contribution is -1.94. The van der Waals surface area contributed by atoms with Gasteiger partial charge in [0.25, 0.3) is 0 Å². The molecule has 0 spiro atoms. The normalized spacial score (nSPS) is 10.6. The zero-order valence-electron chi connectivity index (χ0n) is 12.5. The fraction of sp³-hybridized carbons (Fsp3) is 0.167. The third-order valence-electron chi connectivity index (χ3n) is 3.55. The molecule has 0 N–H and O–H groups in total. The van der Waals surface area contributed by atoms with Crippen molar-refractivity contribution in [3.63, 3.8) is 0 Å². The van der Waals surface area contributed by atoms with Gasteiger partial charge in [0, 0.05) is 35.4 Å². The SMILES string of the molecule is Cc1ccnc(-c2cnc(-c3cccnc3C)c(C)c2)c1. The molecule has 3 heterocycles. The summed E-state index contributed by atoms with van der Waals surface area (Å²) in [7, 11) is 0. The second-order valence-electron chi connectivity index (χ2n) is 5.24. The predicted octanol–water partition coefficient (Wildman–Crippen LogP) is 4.13. The third kappa shape index (κ3) is 2.68. The number of nitrogens with zero attached hydrogens (tertiary/aromatic N) is 3. The molecule has 0 aliphatic rings. The average Bonchev–Trinajstić information content (AvgIpc) is 2.48. The highest BCUT2D eigenvalue weighted by Gasteiger charge is 2.09. The maximum absolute atomic E-state index is 4.64. The first kappa shape index (κ1) is 13.4. The summed E-state index contributed by atoms with van der Waals surface area (Å²) in [4.78, 5) is 13.4. The molecule has 0 radical (unpaired) electrons. The fourth-order valence-corrected chi connectivity index (χ4v) is 2.43. The zero-order chi connectivity index (χ0) is 14.8. The second kappa shape index (κ2) is 5.44. The van der Waals surface area contributed by atoms with E-state index in [2.05, 4.69) is 47.0 Å². The van der Waals surface area contributed by atoms with Crippen LogP contribution in [0.4, 0.5) is 0 Å². The Morgan fingerprint density at radius 3 is 2.43 bits per heavy atom. The maximum Gasteiger partial charge on any atom is 0.0749 e. The molecule has 0 fully saturated rings. The van der Waals surface area contributed by atoms with Gasteiger partial charge in [-0.15, -0.1) is 0 Å². The Kier molecular flexibility index (Phi) is 3.48. The molecule has 0 atom stereocenters. The first-order valence-corrected chi connectivity index (χ1v) is 6.97. The van der Waals surface area contributed by atoms with E-state index in [4.69, 9.17) is 0 Å². The molecule has 0 aliphatic heterocycles. The molecule has 0 saturated carbocycles. The average molecular weight is 275 g/mol. The largest absolute Gasteiger partial charge is 0.261 e. The molecule has 0 saturated heterocycles. The van der Waals surface area contributed by atoms with Crippen LogP contribution < -0.4 is 0 Å². The minimum Gasteiger partial charge on any atom is -0.261 e. The van der Waals surface area contributed by atoms with E-state index in [0.29, 0.717) is 0 Å². The highest BCUT2D eigenvalue weighted by atomic mass is 14.7. The van der Waals surface area contributed by atoms with E-state index in [9.17, 15) is 0 Å². The van der Waals surface area contributed by atoms with Crippen LogP contribution in [0.2, 0.25) is 0 Å². The molecule has 0 unspecified atom stereocenters. The van der Waals surface area contributed by atoms with Crippen LogP contribution in [0.5, 0.6) is 0 Å². The van der Waals surface area contributed by atoms with Crippen LogP contribution in [0.3, 0.4) is 0 Å². The van der Waals surface area contributed by atoms with Crippen LogP contribution in [0.25, 0.3) is 22.5 Å². The molecule has 104 valence electrons. The van der Waals surface area contributed by atoms with Crippen molar-refractivity contribution in [1.82, 2.24) is 15.0 Å². The number of pyridine rings is 3. The lowest BCUT2D eigenvalue weighted by atomic mass is 10.0. The Labute approximate surface area is 124 Å². The van der Waals surface area contributed by atoms with Gasteiger partial charge in [0.2, 0.25) is 0 Å². The Bertz CT molecular complexity index is 794. The molecule has 3 aromatic rings. The smallest absolute Gasteiger partial charge is 0.0749 e. The van der Waals surface area contributed by atoms with Crippen molar-refractivity contribution in [3.8, 4) is 22.5 Å². The van der Waals surface area contributed by atoms with Crippen LogP contribution >= 0.6 is 0 Å². The van der Waals surface area contributed by atoms with Gasteiger partial charge in [-0.1, -0.05) is 0 Å². The van der Waals surface area contributed by atoms with Gasteiger partial charge in [0.15, 0.2) is 0 Å². The predicted molar refractivity (Wildman–Crippen MR) is 84.9 cm³/mol. The van der Waals surface area contributed by atoms with Crippen LogP contribution in [-0.2, 0) is 0 Å². The molecule has 3 heteroatoms. The molecule has 0 aliphatic carbocycles. The fourth-order valence-electron chi connectivity index (χ4n) is 2.43. The van der Waals surface area contributed by atoms with Crippen LogP contribution in [0.15, 0.2) is 48.9 Å². The Morgan fingerprint density at radius 1 is 0.857 bits per heavy atom. The minimum absolute atomic E-state index is 0.958. The number of aromatic nitrogens is 3. The third-order valence-corrected chi connectivity index (χ3v) is 3.55. The summed E-state index contributed by atoms with van der Waals surface area (Å²) in [5, 5.41) is 0. The molecule has 0 aromatic carbocycles. The Morgan fingerprint density at radius 2 is 1.71 bits per heavy atom. The van der Waals surface area contributed by atoms with E-state index >= 15 is 0 Å². The maximum atomic E-state index is 4.64. The van der Waals surface area contributed by atoms with E-state index in [1.807, 2.05) is 31.5 Å². The summed E-state index contributed by atoms with van der Waals surface area (Å²) in [5.74, 6) is 0. The second-order valence-corrected chi connectivity index (χ2v) is 5.24. The van der Waals surface area contributed by atoms with Crippen molar-refractivity contribution in [1.29, 1.82) is 0 Å². The first-order chi connectivity index (χ1) is 10.1. The highest BCUT2D eigenvalue weighted by Crippen LogP contribution is 2.26. The summed E-state index contributed by atoms with van der Waals surface area (Å²) in [5.41, 5.74) is 7.39. The molecule has 3 rings (SSSR count). The molecule has 0 bridgehead atoms. The van der Waals surface area contributed by atoms with Gasteiger partial charge < -0.3 is 0 Å². The Hall–Kier alpha value is -2.55.